The van der Waals surface area contributed by atoms with Crippen molar-refractivity contribution in [1.82, 2.24) is 25.8 Å². The normalized spacial score (nSPS) is 13.8. The van der Waals surface area contributed by atoms with E-state index in [1.165, 1.54) is 0 Å². The Hall–Kier alpha value is -7.07. The Bertz CT molecular complexity index is 2150. The first-order chi connectivity index (χ1) is 29.2. The molecule has 2 aromatic carbocycles. The van der Waals surface area contributed by atoms with Crippen LogP contribution in [0.4, 0.5) is 0 Å². The molecule has 1 aliphatic rings. The number of rotatable bonds is 22. The number of aliphatic carboxylic acids is 2. The minimum atomic E-state index is -1.77. The number of fused-ring (bicyclic) bond motifs is 1. The Labute approximate surface area is 347 Å². The Morgan fingerprint density at radius 1 is 0.852 bits per heavy atom. The van der Waals surface area contributed by atoms with Crippen molar-refractivity contribution < 1.29 is 67.5 Å². The summed E-state index contributed by atoms with van der Waals surface area (Å²) in [6.45, 7) is 0.000762. The number of amides is 4. The number of aliphatic hydroxyl groups excluding tert-OH is 1. The number of hydrogen-bond donors (Lipinski definition) is 9. The molecule has 4 rings (SSSR count). The lowest BCUT2D eigenvalue weighted by molar-refractivity contribution is -0.151. The van der Waals surface area contributed by atoms with E-state index in [2.05, 4.69) is 20.9 Å². The zero-order valence-corrected chi connectivity index (χ0v) is 33.0. The van der Waals surface area contributed by atoms with E-state index in [4.69, 9.17) is 40.3 Å². The highest BCUT2D eigenvalue weighted by Crippen LogP contribution is 2.32. The van der Waals surface area contributed by atoms with E-state index in [9.17, 15) is 38.7 Å². The van der Waals surface area contributed by atoms with Gasteiger partial charge in [0.15, 0.2) is 24.6 Å². The molecule has 3 atom stereocenters. The van der Waals surface area contributed by atoms with Crippen molar-refractivity contribution >= 4 is 58.5 Å². The number of morpholine rings is 1. The maximum atomic E-state index is 13.1. The van der Waals surface area contributed by atoms with Gasteiger partial charge in [0.05, 0.1) is 37.4 Å². The summed E-state index contributed by atoms with van der Waals surface area (Å²) in [5.74, 6) is -7.54. The summed E-state index contributed by atoms with van der Waals surface area (Å²) in [4.78, 5) is 90.2. The number of carboxylic acids is 2. The van der Waals surface area contributed by atoms with Crippen molar-refractivity contribution in [2.45, 2.75) is 50.2 Å². The lowest BCUT2D eigenvalue weighted by Crippen LogP contribution is -2.55. The van der Waals surface area contributed by atoms with Gasteiger partial charge in [0.2, 0.25) is 30.4 Å². The van der Waals surface area contributed by atoms with Gasteiger partial charge in [-0.25, -0.2) is 4.79 Å². The summed E-state index contributed by atoms with van der Waals surface area (Å²) in [7, 11) is 0. The first-order valence-electron chi connectivity index (χ1n) is 19.1. The smallest absolute Gasteiger partial charge is 0.371 e. The predicted molar refractivity (Wildman–Crippen MR) is 214 cm³/mol. The van der Waals surface area contributed by atoms with Gasteiger partial charge in [-0.15, -0.1) is 0 Å². The first-order valence-corrected chi connectivity index (χ1v) is 19.1. The predicted octanol–water partition coefficient (Wildman–Crippen LogP) is -2.26. The summed E-state index contributed by atoms with van der Waals surface area (Å²) in [5.41, 5.74) is 13.6. The van der Waals surface area contributed by atoms with E-state index in [0.717, 1.165) is 11.1 Å². The SMILES string of the molecule is NC(N)=NCCC[C@H](NC(=O)CCC(=O)OCOc1cc(=[N+]2CCOCC2)oc2c(-c3ccccc3)cccc12)C(=O)NCC(=O)N[C@@H](CC(=O)O)C(=O)N[C@@H](CO)C(=O)O. The number of aliphatic imine (C=N–C) groups is 1. The molecule has 2 heterocycles. The molecular formula is C39H49N8O14+. The Morgan fingerprint density at radius 3 is 2.25 bits per heavy atom. The van der Waals surface area contributed by atoms with Crippen LogP contribution in [-0.2, 0) is 43.0 Å². The number of carbonyl (C=O) groups excluding carboxylic acids is 5. The van der Waals surface area contributed by atoms with Crippen LogP contribution >= 0.6 is 0 Å². The van der Waals surface area contributed by atoms with Crippen molar-refractivity contribution in [1.29, 1.82) is 0 Å². The summed E-state index contributed by atoms with van der Waals surface area (Å²) in [6, 6.07) is 12.2. The number of ether oxygens (including phenoxy) is 3. The summed E-state index contributed by atoms with van der Waals surface area (Å²) in [5, 5.41) is 36.8. The second kappa shape index (κ2) is 23.5. The van der Waals surface area contributed by atoms with Gasteiger partial charge in [0.25, 0.3) is 0 Å². The van der Waals surface area contributed by atoms with Crippen LogP contribution in [0.3, 0.4) is 0 Å². The molecule has 328 valence electrons. The molecule has 0 bridgehead atoms. The first kappa shape index (κ1) is 46.6. The van der Waals surface area contributed by atoms with E-state index in [0.29, 0.717) is 48.6 Å². The van der Waals surface area contributed by atoms with Gasteiger partial charge in [-0.05, 0) is 24.5 Å². The largest absolute Gasteiger partial charge is 0.481 e. The molecule has 3 aromatic rings. The Morgan fingerprint density at radius 2 is 1.57 bits per heavy atom. The number of benzene rings is 2. The third-order valence-electron chi connectivity index (χ3n) is 8.99. The molecule has 61 heavy (non-hydrogen) atoms. The average Bonchev–Trinajstić information content (AvgIpc) is 3.24. The molecule has 0 radical (unpaired) electrons. The zero-order valence-electron chi connectivity index (χ0n) is 33.0. The maximum absolute atomic E-state index is 13.1. The van der Waals surface area contributed by atoms with Crippen LogP contribution in [0.2, 0.25) is 0 Å². The number of nitrogens with zero attached hydrogens (tertiary/aromatic N) is 2. The molecule has 1 aromatic heterocycles. The number of para-hydroxylation sites is 1. The lowest BCUT2D eigenvalue weighted by Gasteiger charge is -2.20. The Balaban J connectivity index is 1.35. The van der Waals surface area contributed by atoms with Crippen LogP contribution in [0.25, 0.3) is 22.1 Å². The molecule has 0 aliphatic carbocycles. The highest BCUT2D eigenvalue weighted by atomic mass is 16.7. The van der Waals surface area contributed by atoms with Crippen molar-refractivity contribution in [3.63, 3.8) is 0 Å². The number of nitrogens with one attached hydrogen (secondary N) is 4. The molecule has 1 aliphatic heterocycles. The van der Waals surface area contributed by atoms with Crippen LogP contribution < -0.4 is 47.6 Å². The fraction of sp³-hybridized carbons (Fsp3) is 0.410. The van der Waals surface area contributed by atoms with Crippen molar-refractivity contribution in [2.75, 3.05) is 52.8 Å². The average molecular weight is 854 g/mol. The van der Waals surface area contributed by atoms with Gasteiger partial charge in [-0.1, -0.05) is 42.5 Å². The monoisotopic (exact) mass is 853 g/mol. The van der Waals surface area contributed by atoms with Crippen LogP contribution in [0.5, 0.6) is 5.75 Å². The van der Waals surface area contributed by atoms with Gasteiger partial charge in [-0.3, -0.25) is 33.8 Å². The van der Waals surface area contributed by atoms with Gasteiger partial charge in [0, 0.05) is 18.5 Å². The molecule has 11 N–H and O–H groups in total. The number of aliphatic hydroxyl groups is 1. The number of nitrogens with two attached hydrogens (primary N) is 2. The van der Waals surface area contributed by atoms with Crippen LogP contribution in [-0.4, -0.2) is 134 Å². The van der Waals surface area contributed by atoms with Crippen molar-refractivity contribution in [2.24, 2.45) is 16.5 Å². The third-order valence-corrected chi connectivity index (χ3v) is 8.99. The summed E-state index contributed by atoms with van der Waals surface area (Å²) >= 11 is 0. The number of hydrogen-bond acceptors (Lipinski definition) is 13. The highest BCUT2D eigenvalue weighted by Gasteiger charge is 2.29. The molecule has 0 saturated carbocycles. The lowest BCUT2D eigenvalue weighted by atomic mass is 10.0. The molecule has 22 heteroatoms. The van der Waals surface area contributed by atoms with Gasteiger partial charge >= 0.3 is 23.5 Å². The molecule has 0 unspecified atom stereocenters. The highest BCUT2D eigenvalue weighted by molar-refractivity contribution is 5.96. The molecule has 0 spiro atoms. The van der Waals surface area contributed by atoms with Crippen molar-refractivity contribution in [3.8, 4) is 16.9 Å². The molecule has 22 nitrogen and oxygen atoms in total. The van der Waals surface area contributed by atoms with E-state index < -0.39 is 98.9 Å². The maximum Gasteiger partial charge on any atom is 0.371 e. The fourth-order valence-corrected chi connectivity index (χ4v) is 5.93. The second-order valence-electron chi connectivity index (χ2n) is 13.5. The van der Waals surface area contributed by atoms with Gasteiger partial charge < -0.3 is 66.7 Å². The van der Waals surface area contributed by atoms with E-state index in [1.54, 1.807) is 6.07 Å². The number of esters is 1. The molecular weight excluding hydrogens is 804 g/mol. The van der Waals surface area contributed by atoms with Crippen molar-refractivity contribution in [3.05, 3.63) is 60.2 Å². The van der Waals surface area contributed by atoms with Gasteiger partial charge in [0.1, 0.15) is 37.1 Å². The Kier molecular flexibility index (Phi) is 18.0. The number of carbonyl (C=O) groups is 7. The molecule has 1 fully saturated rings. The quantitative estimate of drug-likeness (QED) is 0.0129. The molecule has 4 amide bonds. The van der Waals surface area contributed by atoms with Crippen LogP contribution in [0.15, 0.2) is 64.0 Å². The van der Waals surface area contributed by atoms with Crippen LogP contribution in [0, 0.1) is 0 Å². The standard InChI is InChI=1S/C39H48N8O14/c40-39(41)42-13-5-10-26(36(54)43-20-31(50)45-27(18-33(51)52)37(55)46-28(21-48)38(56)57)44-30(49)11-12-34(53)60-22-59-29-19-32(47-14-16-58-17-15-47)61-35-24(8-4-9-25(29)35)23-6-2-1-3-7-23/h1-4,6-9,19,26-28,48H,5,10-18,20-22H2,(H9-,40,41,42,43,44,45,46,49,50,51,52,54,55,56,57)/p+1/t26-,27-,28-/m0/s1. The van der Waals surface area contributed by atoms with Crippen LogP contribution in [0.1, 0.15) is 32.1 Å². The third kappa shape index (κ3) is 14.9. The topological polar surface area (TPSA) is 337 Å². The molecule has 1 saturated heterocycles. The summed E-state index contributed by atoms with van der Waals surface area (Å²) in [6.07, 6.45) is -1.57. The summed E-state index contributed by atoms with van der Waals surface area (Å²) < 4.78 is 25.2. The van der Waals surface area contributed by atoms with E-state index in [-0.39, 0.29) is 25.3 Å². The van der Waals surface area contributed by atoms with E-state index >= 15 is 0 Å². The minimum Gasteiger partial charge on any atom is -0.481 e. The zero-order chi connectivity index (χ0) is 44.3. The number of guanidine groups is 1. The second-order valence-corrected chi connectivity index (χ2v) is 13.5. The number of carboxylic acid groups (broad SMARTS) is 2. The fourth-order valence-electron chi connectivity index (χ4n) is 5.93. The van der Waals surface area contributed by atoms with E-state index in [1.807, 2.05) is 58.4 Å². The minimum absolute atomic E-state index is 0.0220. The van der Waals surface area contributed by atoms with Gasteiger partial charge in [-0.2, -0.15) is 4.58 Å².